The van der Waals surface area contributed by atoms with Crippen LogP contribution in [0.15, 0.2) is 24.3 Å². The van der Waals surface area contributed by atoms with Gasteiger partial charge in [0.25, 0.3) is 0 Å². The summed E-state index contributed by atoms with van der Waals surface area (Å²) < 4.78 is 5.24. The number of nitrogens with one attached hydrogen (secondary N) is 1. The highest BCUT2D eigenvalue weighted by Crippen LogP contribution is 2.20. The molecule has 16 heavy (non-hydrogen) atoms. The normalized spacial score (nSPS) is 25.3. The van der Waals surface area contributed by atoms with E-state index < -0.39 is 12.1 Å². The van der Waals surface area contributed by atoms with Crippen molar-refractivity contribution in [2.24, 2.45) is 0 Å². The van der Waals surface area contributed by atoms with Crippen LogP contribution in [0.25, 0.3) is 0 Å². The second-order valence-corrected chi connectivity index (χ2v) is 4.11. The fraction of sp³-hybridized carbons (Fsp3) is 0.364. The number of benzene rings is 1. The average Bonchev–Trinajstić information content (AvgIpc) is 2.29. The van der Waals surface area contributed by atoms with Gasteiger partial charge < -0.3 is 15.2 Å². The zero-order valence-electron chi connectivity index (χ0n) is 8.52. The van der Waals surface area contributed by atoms with Crippen LogP contribution in [-0.2, 0) is 9.53 Å². The van der Waals surface area contributed by atoms with Gasteiger partial charge >= 0.3 is 5.97 Å². The van der Waals surface area contributed by atoms with Crippen molar-refractivity contribution in [2.75, 3.05) is 13.2 Å². The van der Waals surface area contributed by atoms with Crippen molar-refractivity contribution in [1.29, 1.82) is 0 Å². The molecule has 1 heterocycles. The quantitative estimate of drug-likeness (QED) is 0.823. The lowest BCUT2D eigenvalue weighted by Gasteiger charge is -2.28. The molecule has 5 heteroatoms. The summed E-state index contributed by atoms with van der Waals surface area (Å²) in [5.74, 6) is -0.933. The Morgan fingerprint density at radius 2 is 2.38 bits per heavy atom. The van der Waals surface area contributed by atoms with Gasteiger partial charge in [0.15, 0.2) is 6.10 Å². The molecular weight excluding hydrogens is 230 g/mol. The molecule has 2 N–H and O–H groups in total. The van der Waals surface area contributed by atoms with Crippen LogP contribution in [0.2, 0.25) is 5.02 Å². The van der Waals surface area contributed by atoms with Crippen molar-refractivity contribution >= 4 is 17.6 Å². The summed E-state index contributed by atoms with van der Waals surface area (Å²) in [5, 5.41) is 12.5. The van der Waals surface area contributed by atoms with Crippen molar-refractivity contribution in [3.63, 3.8) is 0 Å². The minimum absolute atomic E-state index is 0.00861. The molecule has 2 rings (SSSR count). The highest BCUT2D eigenvalue weighted by molar-refractivity contribution is 6.30. The number of ether oxygens (including phenoxy) is 1. The van der Waals surface area contributed by atoms with Crippen molar-refractivity contribution in [3.05, 3.63) is 34.9 Å². The number of rotatable bonds is 2. The molecule has 86 valence electrons. The smallest absolute Gasteiger partial charge is 0.334 e. The van der Waals surface area contributed by atoms with Crippen molar-refractivity contribution in [1.82, 2.24) is 5.32 Å². The molecule has 1 aliphatic heterocycles. The lowest BCUT2D eigenvalue weighted by Crippen LogP contribution is -2.44. The topological polar surface area (TPSA) is 58.6 Å². The third-order valence-corrected chi connectivity index (χ3v) is 2.78. The van der Waals surface area contributed by atoms with E-state index in [9.17, 15) is 4.79 Å². The van der Waals surface area contributed by atoms with Gasteiger partial charge in [0, 0.05) is 11.6 Å². The Morgan fingerprint density at radius 3 is 2.94 bits per heavy atom. The highest BCUT2D eigenvalue weighted by Gasteiger charge is 2.26. The maximum Gasteiger partial charge on any atom is 0.334 e. The zero-order chi connectivity index (χ0) is 11.5. The molecule has 0 aromatic heterocycles. The molecule has 2 unspecified atom stereocenters. The molecule has 1 saturated heterocycles. The Kier molecular flexibility index (Phi) is 3.43. The number of carboxylic acids is 1. The minimum atomic E-state index is -0.933. The number of morpholine rings is 1. The standard InChI is InChI=1S/C11H12ClNO3/c12-8-3-1-2-7(4-8)9-6-16-10(5-13-9)11(14)15/h1-4,9-10,13H,5-6H2,(H,14,15). The lowest BCUT2D eigenvalue weighted by atomic mass is 10.1. The third-order valence-electron chi connectivity index (χ3n) is 2.54. The summed E-state index contributed by atoms with van der Waals surface area (Å²) in [6.45, 7) is 0.657. The molecule has 0 amide bonds. The van der Waals surface area contributed by atoms with Crippen LogP contribution in [-0.4, -0.2) is 30.3 Å². The van der Waals surface area contributed by atoms with Crippen molar-refractivity contribution in [3.8, 4) is 0 Å². The maximum absolute atomic E-state index is 10.7. The van der Waals surface area contributed by atoms with Gasteiger partial charge in [0.05, 0.1) is 12.6 Å². The van der Waals surface area contributed by atoms with Crippen LogP contribution in [0, 0.1) is 0 Å². The molecular formula is C11H12ClNO3. The van der Waals surface area contributed by atoms with Crippen LogP contribution >= 0.6 is 11.6 Å². The van der Waals surface area contributed by atoms with E-state index in [4.69, 9.17) is 21.4 Å². The summed E-state index contributed by atoms with van der Waals surface area (Å²) >= 11 is 5.88. The molecule has 1 aromatic carbocycles. The van der Waals surface area contributed by atoms with Crippen LogP contribution in [0.1, 0.15) is 11.6 Å². The van der Waals surface area contributed by atoms with E-state index in [1.165, 1.54) is 0 Å². The number of carboxylic acid groups (broad SMARTS) is 1. The first kappa shape index (κ1) is 11.4. The summed E-state index contributed by atoms with van der Waals surface area (Å²) in [5.41, 5.74) is 1.01. The fourth-order valence-electron chi connectivity index (χ4n) is 1.68. The number of hydrogen-bond donors (Lipinski definition) is 2. The van der Waals surface area contributed by atoms with E-state index in [1.807, 2.05) is 18.2 Å². The Hall–Kier alpha value is -1.10. The van der Waals surface area contributed by atoms with Crippen molar-refractivity contribution < 1.29 is 14.6 Å². The monoisotopic (exact) mass is 241 g/mol. The molecule has 2 atom stereocenters. The number of halogens is 1. The molecule has 0 spiro atoms. The summed E-state index contributed by atoms with van der Waals surface area (Å²) in [4.78, 5) is 10.7. The molecule has 1 aliphatic rings. The van der Waals surface area contributed by atoms with Gasteiger partial charge in [0.2, 0.25) is 0 Å². The van der Waals surface area contributed by atoms with E-state index in [0.29, 0.717) is 18.2 Å². The van der Waals surface area contributed by atoms with Gasteiger partial charge in [-0.3, -0.25) is 0 Å². The van der Waals surface area contributed by atoms with Gasteiger partial charge in [-0.2, -0.15) is 0 Å². The summed E-state index contributed by atoms with van der Waals surface area (Å²) in [6, 6.07) is 7.46. The zero-order valence-corrected chi connectivity index (χ0v) is 9.28. The Morgan fingerprint density at radius 1 is 1.56 bits per heavy atom. The summed E-state index contributed by atoms with van der Waals surface area (Å²) in [7, 11) is 0. The minimum Gasteiger partial charge on any atom is -0.479 e. The molecule has 0 aliphatic carbocycles. The molecule has 0 radical (unpaired) electrons. The second kappa shape index (κ2) is 4.82. The lowest BCUT2D eigenvalue weighted by molar-refractivity contribution is -0.153. The van der Waals surface area contributed by atoms with Crippen LogP contribution < -0.4 is 5.32 Å². The van der Waals surface area contributed by atoms with E-state index in [0.717, 1.165) is 5.56 Å². The number of carbonyl (C=O) groups is 1. The van der Waals surface area contributed by atoms with Gasteiger partial charge in [0.1, 0.15) is 0 Å². The SMILES string of the molecule is O=C(O)C1CNC(c2cccc(Cl)c2)CO1. The Labute approximate surface area is 98.2 Å². The first-order chi connectivity index (χ1) is 7.66. The van der Waals surface area contributed by atoms with E-state index in [-0.39, 0.29) is 6.04 Å². The second-order valence-electron chi connectivity index (χ2n) is 3.68. The predicted octanol–water partition coefficient (Wildman–Crippen LogP) is 1.45. The molecule has 1 aromatic rings. The molecule has 1 fully saturated rings. The molecule has 4 nitrogen and oxygen atoms in total. The maximum atomic E-state index is 10.7. The predicted molar refractivity (Wildman–Crippen MR) is 59.6 cm³/mol. The van der Waals surface area contributed by atoms with E-state index in [2.05, 4.69) is 5.32 Å². The van der Waals surface area contributed by atoms with Gasteiger partial charge in [-0.25, -0.2) is 4.79 Å². The first-order valence-corrected chi connectivity index (χ1v) is 5.38. The Balaban J connectivity index is 2.01. The van der Waals surface area contributed by atoms with E-state index in [1.54, 1.807) is 6.07 Å². The van der Waals surface area contributed by atoms with Crippen LogP contribution in [0.5, 0.6) is 0 Å². The number of aliphatic carboxylic acids is 1. The summed E-state index contributed by atoms with van der Waals surface area (Å²) in [6.07, 6.45) is -0.754. The van der Waals surface area contributed by atoms with Gasteiger partial charge in [-0.1, -0.05) is 23.7 Å². The fourth-order valence-corrected chi connectivity index (χ4v) is 1.87. The van der Waals surface area contributed by atoms with E-state index >= 15 is 0 Å². The van der Waals surface area contributed by atoms with Crippen LogP contribution in [0.3, 0.4) is 0 Å². The Bertz CT molecular complexity index is 389. The molecule has 0 bridgehead atoms. The largest absolute Gasteiger partial charge is 0.479 e. The molecule has 0 saturated carbocycles. The highest BCUT2D eigenvalue weighted by atomic mass is 35.5. The number of hydrogen-bond acceptors (Lipinski definition) is 3. The third kappa shape index (κ3) is 2.52. The van der Waals surface area contributed by atoms with Gasteiger partial charge in [-0.15, -0.1) is 0 Å². The first-order valence-electron chi connectivity index (χ1n) is 5.00. The van der Waals surface area contributed by atoms with Crippen molar-refractivity contribution in [2.45, 2.75) is 12.1 Å². The average molecular weight is 242 g/mol. The van der Waals surface area contributed by atoms with Gasteiger partial charge in [-0.05, 0) is 17.7 Å². The van der Waals surface area contributed by atoms with Crippen LogP contribution in [0.4, 0.5) is 0 Å².